The second kappa shape index (κ2) is 3.48. The van der Waals surface area contributed by atoms with Crippen molar-refractivity contribution < 1.29 is 0 Å². The Morgan fingerprint density at radius 3 is 3.00 bits per heavy atom. The van der Waals surface area contributed by atoms with Gasteiger partial charge in [-0.3, -0.25) is 4.98 Å². The highest BCUT2D eigenvalue weighted by Crippen LogP contribution is 2.32. The van der Waals surface area contributed by atoms with E-state index >= 15 is 0 Å². The molecule has 0 saturated heterocycles. The molecule has 0 radical (unpaired) electrons. The molecule has 3 rings (SSSR count). The van der Waals surface area contributed by atoms with Gasteiger partial charge in [-0.25, -0.2) is 0 Å². The number of pyridine rings is 1. The summed E-state index contributed by atoms with van der Waals surface area (Å²) in [6, 6.07) is 6.44. The third-order valence-corrected chi connectivity index (χ3v) is 3.53. The van der Waals surface area contributed by atoms with Gasteiger partial charge < -0.3 is 5.73 Å². The van der Waals surface area contributed by atoms with Gasteiger partial charge in [0.2, 0.25) is 0 Å². The largest absolute Gasteiger partial charge is 0.398 e. The van der Waals surface area contributed by atoms with Gasteiger partial charge in [0.15, 0.2) is 0 Å². The number of aryl methyl sites for hydroxylation is 2. The van der Waals surface area contributed by atoms with Gasteiger partial charge in [0.1, 0.15) is 0 Å². The number of rotatable bonds is 1. The molecule has 16 heavy (non-hydrogen) atoms. The van der Waals surface area contributed by atoms with Crippen molar-refractivity contribution in [2.75, 3.05) is 5.73 Å². The molecule has 2 nitrogen and oxygen atoms in total. The summed E-state index contributed by atoms with van der Waals surface area (Å²) in [5, 5.41) is 1.14. The Balaban J connectivity index is 2.33. The summed E-state index contributed by atoms with van der Waals surface area (Å²) in [7, 11) is 0. The lowest BCUT2D eigenvalue weighted by molar-refractivity contribution is 0.901. The lowest BCUT2D eigenvalue weighted by Gasteiger charge is -2.09. The topological polar surface area (TPSA) is 38.9 Å². The molecular weight excluding hydrogens is 196 g/mol. The zero-order valence-electron chi connectivity index (χ0n) is 9.59. The van der Waals surface area contributed by atoms with Crippen LogP contribution in [0.3, 0.4) is 0 Å². The normalized spacial score (nSPS) is 14.3. The first-order valence-electron chi connectivity index (χ1n) is 5.99. The van der Waals surface area contributed by atoms with Crippen LogP contribution in [0.4, 0.5) is 5.69 Å². The molecule has 0 bridgehead atoms. The third kappa shape index (κ3) is 1.29. The molecular formula is C14H16N2. The van der Waals surface area contributed by atoms with Crippen LogP contribution in [0.15, 0.2) is 18.2 Å². The van der Waals surface area contributed by atoms with Crippen molar-refractivity contribution in [2.45, 2.75) is 32.6 Å². The first-order valence-corrected chi connectivity index (χ1v) is 5.99. The fraction of sp³-hybridized carbons (Fsp3) is 0.357. The van der Waals surface area contributed by atoms with Crippen LogP contribution in [-0.4, -0.2) is 4.98 Å². The van der Waals surface area contributed by atoms with Crippen LogP contribution in [0.1, 0.15) is 30.2 Å². The molecule has 1 heterocycles. The zero-order valence-corrected chi connectivity index (χ0v) is 9.59. The molecule has 82 valence electrons. The molecule has 1 aliphatic carbocycles. The molecule has 1 aliphatic rings. The minimum Gasteiger partial charge on any atom is -0.398 e. The Bertz CT molecular complexity index is 558. The summed E-state index contributed by atoms with van der Waals surface area (Å²) in [6.07, 6.45) is 4.43. The molecule has 2 heteroatoms. The number of aromatic nitrogens is 1. The lowest BCUT2D eigenvalue weighted by Crippen LogP contribution is -1.98. The van der Waals surface area contributed by atoms with Gasteiger partial charge >= 0.3 is 0 Å². The summed E-state index contributed by atoms with van der Waals surface area (Å²) in [5.41, 5.74) is 12.1. The predicted molar refractivity (Wildman–Crippen MR) is 67.6 cm³/mol. The molecule has 2 N–H and O–H groups in total. The molecule has 0 unspecified atom stereocenters. The van der Waals surface area contributed by atoms with Crippen LogP contribution in [0.2, 0.25) is 0 Å². The van der Waals surface area contributed by atoms with E-state index in [0.29, 0.717) is 0 Å². The van der Waals surface area contributed by atoms with Gasteiger partial charge in [0.25, 0.3) is 0 Å². The summed E-state index contributed by atoms with van der Waals surface area (Å²) in [4.78, 5) is 4.71. The fourth-order valence-electron chi connectivity index (χ4n) is 2.57. The Morgan fingerprint density at radius 2 is 2.19 bits per heavy atom. The first kappa shape index (κ1) is 9.64. The number of nitrogen functional groups attached to an aromatic ring is 1. The Morgan fingerprint density at radius 1 is 1.31 bits per heavy atom. The van der Waals surface area contributed by atoms with Crippen LogP contribution < -0.4 is 5.73 Å². The number of hydrogen-bond donors (Lipinski definition) is 1. The van der Waals surface area contributed by atoms with E-state index in [9.17, 15) is 0 Å². The molecule has 0 aliphatic heterocycles. The van der Waals surface area contributed by atoms with Crippen molar-refractivity contribution in [1.29, 1.82) is 0 Å². The van der Waals surface area contributed by atoms with E-state index in [1.807, 2.05) is 0 Å². The molecule has 0 amide bonds. The highest BCUT2D eigenvalue weighted by molar-refractivity contribution is 5.92. The highest BCUT2D eigenvalue weighted by Gasteiger charge is 2.17. The summed E-state index contributed by atoms with van der Waals surface area (Å²) in [5.74, 6) is 0. The average molecular weight is 212 g/mol. The number of fused-ring (bicyclic) bond motifs is 2. The number of nitrogens with zero attached hydrogens (tertiary/aromatic N) is 1. The SMILES string of the molecule is CCc1ccc2nc3c(c(N)c2c1)CCC3. The van der Waals surface area contributed by atoms with Crippen LogP contribution in [0.5, 0.6) is 0 Å². The van der Waals surface area contributed by atoms with Gasteiger partial charge in [-0.1, -0.05) is 13.0 Å². The van der Waals surface area contributed by atoms with Gasteiger partial charge in [-0.05, 0) is 48.9 Å². The van der Waals surface area contributed by atoms with Crippen LogP contribution >= 0.6 is 0 Å². The second-order valence-corrected chi connectivity index (χ2v) is 4.51. The van der Waals surface area contributed by atoms with Crippen LogP contribution in [0.25, 0.3) is 10.9 Å². The first-order chi connectivity index (χ1) is 7.79. The van der Waals surface area contributed by atoms with E-state index in [4.69, 9.17) is 10.7 Å². The quantitative estimate of drug-likeness (QED) is 0.789. The van der Waals surface area contributed by atoms with Crippen molar-refractivity contribution >= 4 is 16.6 Å². The number of benzene rings is 1. The van der Waals surface area contributed by atoms with Crippen molar-refractivity contribution in [3.8, 4) is 0 Å². The monoisotopic (exact) mass is 212 g/mol. The van der Waals surface area contributed by atoms with E-state index in [1.54, 1.807) is 0 Å². The van der Waals surface area contributed by atoms with Gasteiger partial charge in [-0.2, -0.15) is 0 Å². The Labute approximate surface area is 95.5 Å². The van der Waals surface area contributed by atoms with Crippen molar-refractivity contribution in [1.82, 2.24) is 4.98 Å². The predicted octanol–water partition coefficient (Wildman–Crippen LogP) is 2.87. The minimum absolute atomic E-state index is 0.966. The van der Waals surface area contributed by atoms with Crippen molar-refractivity contribution in [3.05, 3.63) is 35.0 Å². The van der Waals surface area contributed by atoms with E-state index in [-0.39, 0.29) is 0 Å². The zero-order chi connectivity index (χ0) is 11.1. The maximum absolute atomic E-state index is 6.25. The van der Waals surface area contributed by atoms with Crippen molar-refractivity contribution in [3.63, 3.8) is 0 Å². The van der Waals surface area contributed by atoms with E-state index in [2.05, 4.69) is 25.1 Å². The molecule has 0 spiro atoms. The van der Waals surface area contributed by atoms with E-state index in [0.717, 1.165) is 35.9 Å². The van der Waals surface area contributed by atoms with Gasteiger partial charge in [0.05, 0.1) is 5.52 Å². The molecule has 0 saturated carbocycles. The van der Waals surface area contributed by atoms with Crippen molar-refractivity contribution in [2.24, 2.45) is 0 Å². The molecule has 2 aromatic rings. The van der Waals surface area contributed by atoms with Crippen LogP contribution in [0, 0.1) is 0 Å². The van der Waals surface area contributed by atoms with Gasteiger partial charge in [0, 0.05) is 16.8 Å². The molecule has 0 fully saturated rings. The number of anilines is 1. The summed E-state index contributed by atoms with van der Waals surface area (Å²) < 4.78 is 0. The minimum atomic E-state index is 0.966. The Hall–Kier alpha value is -1.57. The second-order valence-electron chi connectivity index (χ2n) is 4.51. The summed E-state index contributed by atoms with van der Waals surface area (Å²) in [6.45, 7) is 2.16. The van der Waals surface area contributed by atoms with Gasteiger partial charge in [-0.15, -0.1) is 0 Å². The van der Waals surface area contributed by atoms with E-state index in [1.165, 1.54) is 23.2 Å². The Kier molecular flexibility index (Phi) is 2.10. The lowest BCUT2D eigenvalue weighted by atomic mass is 10.0. The molecule has 0 atom stereocenters. The standard InChI is InChI=1S/C14H16N2/c1-2-9-6-7-13-11(8-9)14(15)10-4-3-5-12(10)16-13/h6-8H,2-5H2,1H3,(H2,15,16). The smallest absolute Gasteiger partial charge is 0.0726 e. The summed E-state index contributed by atoms with van der Waals surface area (Å²) >= 11 is 0. The van der Waals surface area contributed by atoms with Crippen LogP contribution in [-0.2, 0) is 19.3 Å². The van der Waals surface area contributed by atoms with E-state index < -0.39 is 0 Å². The fourth-order valence-corrected chi connectivity index (χ4v) is 2.57. The maximum atomic E-state index is 6.25. The highest BCUT2D eigenvalue weighted by atomic mass is 14.7. The maximum Gasteiger partial charge on any atom is 0.0726 e. The molecule has 1 aromatic heterocycles. The number of hydrogen-bond acceptors (Lipinski definition) is 2. The third-order valence-electron chi connectivity index (χ3n) is 3.53. The molecule has 1 aromatic carbocycles. The average Bonchev–Trinajstić information content (AvgIpc) is 2.77. The number of nitrogens with two attached hydrogens (primary N) is 1.